The van der Waals surface area contributed by atoms with E-state index >= 15 is 0 Å². The van der Waals surface area contributed by atoms with Crippen LogP contribution in [0.25, 0.3) is 0 Å². The van der Waals surface area contributed by atoms with Crippen molar-refractivity contribution in [1.29, 1.82) is 0 Å². The highest BCUT2D eigenvalue weighted by molar-refractivity contribution is 5.76. The molecule has 0 aromatic rings. The van der Waals surface area contributed by atoms with Gasteiger partial charge in [0.15, 0.2) is 0 Å². The number of carbonyl (C=O) groups excluding carboxylic acids is 1. The van der Waals surface area contributed by atoms with Gasteiger partial charge in [0.25, 0.3) is 0 Å². The molecule has 110 valence electrons. The summed E-state index contributed by atoms with van der Waals surface area (Å²) in [6.07, 6.45) is 3.71. The fourth-order valence-corrected chi connectivity index (χ4v) is 3.02. The second-order valence-corrected chi connectivity index (χ2v) is 5.75. The van der Waals surface area contributed by atoms with Gasteiger partial charge in [-0.1, -0.05) is 0 Å². The number of carbonyl (C=O) groups is 1. The molecule has 1 N–H and O–H groups in total. The molecule has 1 atom stereocenters. The van der Waals surface area contributed by atoms with Crippen LogP contribution in [0.4, 0.5) is 0 Å². The Morgan fingerprint density at radius 2 is 2.11 bits per heavy atom. The summed E-state index contributed by atoms with van der Waals surface area (Å²) in [5.74, 6) is 0.723. The molecule has 2 rings (SSSR count). The zero-order valence-electron chi connectivity index (χ0n) is 11.9. The Kier molecular flexibility index (Phi) is 5.60. The lowest BCUT2D eigenvalue weighted by Crippen LogP contribution is -2.46. The van der Waals surface area contributed by atoms with E-state index in [4.69, 9.17) is 9.84 Å². The van der Waals surface area contributed by atoms with Crippen molar-refractivity contribution in [3.05, 3.63) is 0 Å². The van der Waals surface area contributed by atoms with Crippen LogP contribution in [0.5, 0.6) is 0 Å². The van der Waals surface area contributed by atoms with Crippen molar-refractivity contribution in [3.63, 3.8) is 0 Å². The number of aliphatic hydroxyl groups excluding tert-OH is 1. The van der Waals surface area contributed by atoms with Crippen LogP contribution in [0, 0.1) is 5.92 Å². The summed E-state index contributed by atoms with van der Waals surface area (Å²) in [6.45, 7) is 4.20. The average Bonchev–Trinajstić information content (AvgIpc) is 2.92. The number of aliphatic hydroxyl groups is 1. The third-order valence-electron chi connectivity index (χ3n) is 4.38. The molecular weight excluding hydrogens is 244 g/mol. The van der Waals surface area contributed by atoms with Crippen LogP contribution in [-0.4, -0.2) is 73.4 Å². The third kappa shape index (κ3) is 4.16. The first-order valence-electron chi connectivity index (χ1n) is 7.37. The number of piperidine rings is 1. The quantitative estimate of drug-likeness (QED) is 0.782. The molecule has 1 amide bonds. The van der Waals surface area contributed by atoms with E-state index in [0.717, 1.165) is 52.1 Å². The van der Waals surface area contributed by atoms with Crippen molar-refractivity contribution < 1.29 is 14.6 Å². The van der Waals surface area contributed by atoms with Gasteiger partial charge in [0, 0.05) is 45.3 Å². The van der Waals surface area contributed by atoms with Crippen molar-refractivity contribution in [1.82, 2.24) is 9.80 Å². The van der Waals surface area contributed by atoms with E-state index in [1.807, 2.05) is 11.9 Å². The normalized spacial score (nSPS) is 25.2. The predicted octanol–water partition coefficient (Wildman–Crippen LogP) is 0.328. The first-order valence-corrected chi connectivity index (χ1v) is 7.37. The topological polar surface area (TPSA) is 53.0 Å². The van der Waals surface area contributed by atoms with Crippen LogP contribution in [0.1, 0.15) is 25.7 Å². The summed E-state index contributed by atoms with van der Waals surface area (Å²) < 4.78 is 5.32. The summed E-state index contributed by atoms with van der Waals surface area (Å²) in [4.78, 5) is 16.4. The minimum atomic E-state index is 0.206. The minimum Gasteiger partial charge on any atom is -0.395 e. The third-order valence-corrected chi connectivity index (χ3v) is 4.38. The molecular formula is C14H26N2O3. The largest absolute Gasteiger partial charge is 0.395 e. The van der Waals surface area contributed by atoms with E-state index in [1.54, 1.807) is 0 Å². The van der Waals surface area contributed by atoms with E-state index < -0.39 is 0 Å². The van der Waals surface area contributed by atoms with Crippen LogP contribution >= 0.6 is 0 Å². The average molecular weight is 270 g/mol. The van der Waals surface area contributed by atoms with Gasteiger partial charge in [-0.25, -0.2) is 0 Å². The van der Waals surface area contributed by atoms with E-state index in [0.29, 0.717) is 24.3 Å². The van der Waals surface area contributed by atoms with Gasteiger partial charge in [-0.15, -0.1) is 0 Å². The first-order chi connectivity index (χ1) is 9.20. The Labute approximate surface area is 115 Å². The summed E-state index contributed by atoms with van der Waals surface area (Å²) in [7, 11) is 2.05. The summed E-state index contributed by atoms with van der Waals surface area (Å²) >= 11 is 0. The zero-order valence-corrected chi connectivity index (χ0v) is 11.9. The van der Waals surface area contributed by atoms with E-state index in [2.05, 4.69) is 4.90 Å². The van der Waals surface area contributed by atoms with Crippen LogP contribution in [0.3, 0.4) is 0 Å². The lowest BCUT2D eigenvalue weighted by Gasteiger charge is -2.36. The van der Waals surface area contributed by atoms with Crippen molar-refractivity contribution in [3.8, 4) is 0 Å². The Morgan fingerprint density at radius 3 is 2.68 bits per heavy atom. The maximum absolute atomic E-state index is 12.2. The molecule has 19 heavy (non-hydrogen) atoms. The Morgan fingerprint density at radius 1 is 1.37 bits per heavy atom. The first kappa shape index (κ1) is 14.8. The monoisotopic (exact) mass is 270 g/mol. The zero-order chi connectivity index (χ0) is 13.7. The smallest absolute Gasteiger partial charge is 0.222 e. The second kappa shape index (κ2) is 7.22. The van der Waals surface area contributed by atoms with Crippen molar-refractivity contribution in [2.45, 2.75) is 31.7 Å². The minimum absolute atomic E-state index is 0.206. The number of likely N-dealkylation sites (N-methyl/N-ethyl adjacent to an activating group) is 1. The molecule has 5 heteroatoms. The Balaban J connectivity index is 1.71. The van der Waals surface area contributed by atoms with Gasteiger partial charge < -0.3 is 19.6 Å². The maximum atomic E-state index is 12.2. The number of nitrogens with zero attached hydrogens (tertiary/aromatic N) is 2. The molecule has 2 aliphatic rings. The van der Waals surface area contributed by atoms with Crippen LogP contribution in [0.15, 0.2) is 0 Å². The fourth-order valence-electron chi connectivity index (χ4n) is 3.02. The standard InChI is InChI=1S/C14H26N2O3/c1-15(7-8-17)13-2-5-16(6-3-13)14(18)10-12-4-9-19-11-12/h12-13,17H,2-11H2,1H3/t12-/m1/s1. The van der Waals surface area contributed by atoms with Crippen molar-refractivity contribution in [2.75, 3.05) is 46.5 Å². The Bertz CT molecular complexity index is 284. The summed E-state index contributed by atoms with van der Waals surface area (Å²) in [5.41, 5.74) is 0. The second-order valence-electron chi connectivity index (χ2n) is 5.75. The molecule has 0 aromatic carbocycles. The number of ether oxygens (including phenoxy) is 1. The molecule has 0 spiro atoms. The van der Waals surface area contributed by atoms with Gasteiger partial charge in [-0.3, -0.25) is 4.79 Å². The summed E-state index contributed by atoms with van der Waals surface area (Å²) in [6, 6.07) is 0.506. The highest BCUT2D eigenvalue weighted by atomic mass is 16.5. The van der Waals surface area contributed by atoms with Gasteiger partial charge in [0.2, 0.25) is 5.91 Å². The van der Waals surface area contributed by atoms with Crippen LogP contribution in [-0.2, 0) is 9.53 Å². The van der Waals surface area contributed by atoms with Gasteiger partial charge >= 0.3 is 0 Å². The molecule has 0 aromatic heterocycles. The predicted molar refractivity (Wildman–Crippen MR) is 72.9 cm³/mol. The van der Waals surface area contributed by atoms with E-state index in [1.165, 1.54) is 0 Å². The molecule has 0 aliphatic carbocycles. The van der Waals surface area contributed by atoms with Crippen LogP contribution in [0.2, 0.25) is 0 Å². The van der Waals surface area contributed by atoms with E-state index in [9.17, 15) is 4.79 Å². The molecule has 2 heterocycles. The highest BCUT2D eigenvalue weighted by Gasteiger charge is 2.27. The Hall–Kier alpha value is -0.650. The van der Waals surface area contributed by atoms with E-state index in [-0.39, 0.29) is 6.61 Å². The van der Waals surface area contributed by atoms with Gasteiger partial charge in [0.1, 0.15) is 0 Å². The van der Waals surface area contributed by atoms with Gasteiger partial charge in [-0.2, -0.15) is 0 Å². The lowest BCUT2D eigenvalue weighted by atomic mass is 10.0. The maximum Gasteiger partial charge on any atom is 0.222 e. The number of hydrogen-bond donors (Lipinski definition) is 1. The van der Waals surface area contributed by atoms with Crippen LogP contribution < -0.4 is 0 Å². The highest BCUT2D eigenvalue weighted by Crippen LogP contribution is 2.20. The number of hydrogen-bond acceptors (Lipinski definition) is 4. The number of rotatable bonds is 5. The van der Waals surface area contributed by atoms with Crippen molar-refractivity contribution >= 4 is 5.91 Å². The summed E-state index contributed by atoms with van der Waals surface area (Å²) in [5, 5.41) is 8.95. The molecule has 2 saturated heterocycles. The molecule has 2 fully saturated rings. The van der Waals surface area contributed by atoms with Gasteiger partial charge in [-0.05, 0) is 32.2 Å². The SMILES string of the molecule is CN(CCO)C1CCN(C(=O)C[C@H]2CCOC2)CC1. The molecule has 5 nitrogen and oxygen atoms in total. The molecule has 0 radical (unpaired) electrons. The molecule has 0 saturated carbocycles. The van der Waals surface area contributed by atoms with Gasteiger partial charge in [0.05, 0.1) is 6.61 Å². The molecule has 0 bridgehead atoms. The fraction of sp³-hybridized carbons (Fsp3) is 0.929. The lowest BCUT2D eigenvalue weighted by molar-refractivity contribution is -0.133. The number of amides is 1. The van der Waals surface area contributed by atoms with Crippen molar-refractivity contribution in [2.24, 2.45) is 5.92 Å². The molecule has 2 aliphatic heterocycles. The number of likely N-dealkylation sites (tertiary alicyclic amines) is 1. The molecule has 0 unspecified atom stereocenters.